The van der Waals surface area contributed by atoms with E-state index in [1.54, 1.807) is 37.3 Å². The maximum Gasteiger partial charge on any atom is 0.254 e. The van der Waals surface area contributed by atoms with Crippen molar-refractivity contribution in [2.45, 2.75) is 11.8 Å². The molecular weight excluding hydrogens is 418 g/mol. The number of carbonyl (C=O) groups is 1. The van der Waals surface area contributed by atoms with Crippen LogP contribution >= 0.6 is 23.1 Å². The van der Waals surface area contributed by atoms with Crippen molar-refractivity contribution < 1.29 is 14.3 Å². The van der Waals surface area contributed by atoms with E-state index in [1.807, 2.05) is 35.2 Å². The van der Waals surface area contributed by atoms with E-state index in [0.717, 1.165) is 56.1 Å². The van der Waals surface area contributed by atoms with Crippen LogP contribution in [-0.2, 0) is 0 Å². The molecule has 0 radical (unpaired) electrons. The Labute approximate surface area is 184 Å². The molecular formula is C22H25N3O3S2. The van der Waals surface area contributed by atoms with Gasteiger partial charge in [-0.3, -0.25) is 4.79 Å². The zero-order valence-electron chi connectivity index (χ0n) is 17.4. The Balaban J connectivity index is 1.48. The van der Waals surface area contributed by atoms with Crippen LogP contribution < -0.4 is 14.4 Å². The average Bonchev–Trinajstić information content (AvgIpc) is 3.24. The van der Waals surface area contributed by atoms with E-state index in [-0.39, 0.29) is 5.91 Å². The molecule has 3 aromatic rings. The molecule has 1 fully saturated rings. The number of thioether (sulfide) groups is 1. The summed E-state index contributed by atoms with van der Waals surface area (Å²) < 4.78 is 11.9. The third-order valence-electron chi connectivity index (χ3n) is 5.13. The smallest absolute Gasteiger partial charge is 0.254 e. The molecule has 30 heavy (non-hydrogen) atoms. The lowest BCUT2D eigenvalue weighted by molar-refractivity contribution is 0.0746. The highest BCUT2D eigenvalue weighted by Gasteiger charge is 2.25. The first-order valence-electron chi connectivity index (χ1n) is 9.93. The quantitative estimate of drug-likeness (QED) is 0.527. The summed E-state index contributed by atoms with van der Waals surface area (Å²) >= 11 is 3.35. The number of aromatic nitrogens is 1. The predicted molar refractivity (Wildman–Crippen MR) is 124 cm³/mol. The number of fused-ring (bicyclic) bond motifs is 1. The first-order valence-corrected chi connectivity index (χ1v) is 11.7. The van der Waals surface area contributed by atoms with Crippen LogP contribution in [0.25, 0.3) is 10.2 Å². The van der Waals surface area contributed by atoms with Gasteiger partial charge < -0.3 is 19.3 Å². The van der Waals surface area contributed by atoms with Gasteiger partial charge in [-0.1, -0.05) is 24.3 Å². The first kappa shape index (κ1) is 20.8. The van der Waals surface area contributed by atoms with Crippen molar-refractivity contribution >= 4 is 44.4 Å². The van der Waals surface area contributed by atoms with Crippen molar-refractivity contribution in [2.75, 3.05) is 51.1 Å². The Hall–Kier alpha value is -2.45. The maximum atomic E-state index is 13.0. The van der Waals surface area contributed by atoms with Gasteiger partial charge >= 0.3 is 0 Å². The van der Waals surface area contributed by atoms with Crippen LogP contribution in [0.2, 0.25) is 0 Å². The Morgan fingerprint density at radius 3 is 2.53 bits per heavy atom. The molecule has 0 N–H and O–H groups in total. The number of piperazine rings is 1. The van der Waals surface area contributed by atoms with Crippen molar-refractivity contribution in [2.24, 2.45) is 0 Å². The number of anilines is 1. The molecule has 2 aromatic carbocycles. The second kappa shape index (κ2) is 9.14. The van der Waals surface area contributed by atoms with Crippen LogP contribution in [0.3, 0.4) is 0 Å². The summed E-state index contributed by atoms with van der Waals surface area (Å²) in [4.78, 5) is 23.1. The lowest BCUT2D eigenvalue weighted by Gasteiger charge is -2.34. The van der Waals surface area contributed by atoms with Gasteiger partial charge in [-0.15, -0.1) is 11.8 Å². The van der Waals surface area contributed by atoms with Gasteiger partial charge in [-0.25, -0.2) is 4.98 Å². The zero-order valence-corrected chi connectivity index (χ0v) is 19.0. The number of benzene rings is 2. The number of thiazole rings is 1. The Bertz CT molecular complexity index is 1000. The van der Waals surface area contributed by atoms with E-state index in [4.69, 9.17) is 14.5 Å². The summed E-state index contributed by atoms with van der Waals surface area (Å²) in [7, 11) is 3.32. The second-order valence-electron chi connectivity index (χ2n) is 6.88. The van der Waals surface area contributed by atoms with E-state index in [0.29, 0.717) is 13.1 Å². The summed E-state index contributed by atoms with van der Waals surface area (Å²) in [5, 5.41) is 0.932. The molecule has 0 saturated carbocycles. The fourth-order valence-corrected chi connectivity index (χ4v) is 5.42. The predicted octanol–water partition coefficient (Wildman–Crippen LogP) is 4.39. The normalized spacial score (nSPS) is 14.2. The summed E-state index contributed by atoms with van der Waals surface area (Å²) in [5.74, 6) is 2.63. The largest absolute Gasteiger partial charge is 0.495 e. The molecule has 0 aliphatic carbocycles. The van der Waals surface area contributed by atoms with Crippen molar-refractivity contribution in [3.63, 3.8) is 0 Å². The van der Waals surface area contributed by atoms with E-state index < -0.39 is 0 Å². The molecule has 158 valence electrons. The highest BCUT2D eigenvalue weighted by atomic mass is 32.2. The van der Waals surface area contributed by atoms with Gasteiger partial charge in [0, 0.05) is 36.6 Å². The van der Waals surface area contributed by atoms with Crippen LogP contribution in [0.4, 0.5) is 5.13 Å². The SMILES string of the molecule is CCSc1cccc(C(=O)N2CCN(c3nc4c(OC)ccc(OC)c4s3)CC2)c1. The highest BCUT2D eigenvalue weighted by Crippen LogP contribution is 2.40. The monoisotopic (exact) mass is 443 g/mol. The molecule has 0 spiro atoms. The number of hydrogen-bond donors (Lipinski definition) is 0. The lowest BCUT2D eigenvalue weighted by Crippen LogP contribution is -2.48. The van der Waals surface area contributed by atoms with Crippen LogP contribution in [0.5, 0.6) is 11.5 Å². The third kappa shape index (κ3) is 4.06. The standard InChI is InChI=1S/C22H25N3O3S2/c1-4-29-16-7-5-6-15(14-16)21(26)24-10-12-25(13-11-24)22-23-19-17(27-2)8-9-18(28-3)20(19)30-22/h5-9,14H,4,10-13H2,1-3H3. The van der Waals surface area contributed by atoms with Crippen molar-refractivity contribution in [1.29, 1.82) is 0 Å². The number of nitrogens with zero attached hydrogens (tertiary/aromatic N) is 3. The van der Waals surface area contributed by atoms with E-state index in [1.165, 1.54) is 0 Å². The summed E-state index contributed by atoms with van der Waals surface area (Å²) in [5.41, 5.74) is 1.58. The number of methoxy groups -OCH3 is 2. The number of amides is 1. The average molecular weight is 444 g/mol. The molecule has 1 saturated heterocycles. The first-order chi connectivity index (χ1) is 14.6. The lowest BCUT2D eigenvalue weighted by atomic mass is 10.2. The Morgan fingerprint density at radius 1 is 1.10 bits per heavy atom. The third-order valence-corrected chi connectivity index (χ3v) is 7.14. The van der Waals surface area contributed by atoms with Crippen molar-refractivity contribution in [3.8, 4) is 11.5 Å². The minimum absolute atomic E-state index is 0.0980. The highest BCUT2D eigenvalue weighted by molar-refractivity contribution is 7.99. The maximum absolute atomic E-state index is 13.0. The van der Waals surface area contributed by atoms with E-state index in [2.05, 4.69) is 17.9 Å². The molecule has 2 heterocycles. The Kier molecular flexibility index (Phi) is 6.34. The summed E-state index contributed by atoms with van der Waals surface area (Å²) in [6.07, 6.45) is 0. The van der Waals surface area contributed by atoms with Gasteiger partial charge in [0.05, 0.1) is 14.2 Å². The van der Waals surface area contributed by atoms with E-state index >= 15 is 0 Å². The minimum atomic E-state index is 0.0980. The molecule has 1 aliphatic heterocycles. The van der Waals surface area contributed by atoms with Gasteiger partial charge in [0.15, 0.2) is 5.13 Å². The van der Waals surface area contributed by atoms with Crippen molar-refractivity contribution in [3.05, 3.63) is 42.0 Å². The number of ether oxygens (including phenoxy) is 2. The molecule has 0 unspecified atom stereocenters. The number of hydrogen-bond acceptors (Lipinski definition) is 7. The van der Waals surface area contributed by atoms with Crippen LogP contribution in [0.15, 0.2) is 41.3 Å². The van der Waals surface area contributed by atoms with Gasteiger partial charge in [0.2, 0.25) is 0 Å². The molecule has 0 bridgehead atoms. The summed E-state index contributed by atoms with van der Waals surface area (Å²) in [6.45, 7) is 4.97. The fourth-order valence-electron chi connectivity index (χ4n) is 3.58. The van der Waals surface area contributed by atoms with Crippen LogP contribution in [0, 0.1) is 0 Å². The summed E-state index contributed by atoms with van der Waals surface area (Å²) in [6, 6.07) is 11.7. The molecule has 1 amide bonds. The van der Waals surface area contributed by atoms with Crippen LogP contribution in [0.1, 0.15) is 17.3 Å². The fraction of sp³-hybridized carbons (Fsp3) is 0.364. The number of carbonyl (C=O) groups excluding carboxylic acids is 1. The number of rotatable bonds is 6. The molecule has 4 rings (SSSR count). The minimum Gasteiger partial charge on any atom is -0.495 e. The molecule has 8 heteroatoms. The van der Waals surface area contributed by atoms with Gasteiger partial charge in [-0.05, 0) is 36.1 Å². The van der Waals surface area contributed by atoms with Crippen molar-refractivity contribution in [1.82, 2.24) is 9.88 Å². The Morgan fingerprint density at radius 2 is 1.83 bits per heavy atom. The topological polar surface area (TPSA) is 54.9 Å². The molecule has 6 nitrogen and oxygen atoms in total. The second-order valence-corrected chi connectivity index (χ2v) is 9.20. The van der Waals surface area contributed by atoms with Gasteiger partial charge in [0.25, 0.3) is 5.91 Å². The van der Waals surface area contributed by atoms with Gasteiger partial charge in [-0.2, -0.15) is 0 Å². The van der Waals surface area contributed by atoms with E-state index in [9.17, 15) is 4.79 Å². The molecule has 1 aliphatic rings. The zero-order chi connectivity index (χ0) is 21.1. The van der Waals surface area contributed by atoms with Gasteiger partial charge in [0.1, 0.15) is 21.7 Å². The molecule has 0 atom stereocenters. The van der Waals surface area contributed by atoms with Crippen LogP contribution in [-0.4, -0.2) is 61.9 Å². The molecule has 1 aromatic heterocycles.